The van der Waals surface area contributed by atoms with Crippen LogP contribution in [0.4, 0.5) is 11.4 Å². The molecule has 0 bridgehead atoms. The molecule has 4 nitrogen and oxygen atoms in total. The zero-order valence-corrected chi connectivity index (χ0v) is 11.1. The molecule has 0 saturated heterocycles. The number of aliphatic imine (C=N–C) groups is 1. The molecule has 0 fully saturated rings. The van der Waals surface area contributed by atoms with Crippen molar-refractivity contribution in [3.8, 4) is 0 Å². The molecule has 1 aliphatic heterocycles. The van der Waals surface area contributed by atoms with Gasteiger partial charge in [0.05, 0.1) is 22.6 Å². The molecule has 2 aromatic rings. The van der Waals surface area contributed by atoms with Gasteiger partial charge in [0.2, 0.25) is 5.78 Å². The van der Waals surface area contributed by atoms with Crippen LogP contribution in [0.5, 0.6) is 0 Å². The third-order valence-corrected chi connectivity index (χ3v) is 3.20. The minimum Gasteiger partial charge on any atom is -0.287 e. The SMILES string of the molecule is O=C1C(C=NNc2ccccc2Cl)=Nc2ccccc21. The van der Waals surface area contributed by atoms with Gasteiger partial charge < -0.3 is 0 Å². The molecule has 0 radical (unpaired) electrons. The van der Waals surface area contributed by atoms with Crippen molar-refractivity contribution in [2.75, 3.05) is 5.43 Å². The van der Waals surface area contributed by atoms with Crippen molar-refractivity contribution < 1.29 is 4.79 Å². The summed E-state index contributed by atoms with van der Waals surface area (Å²) >= 11 is 5.99. The first-order valence-electron chi connectivity index (χ1n) is 6.02. The molecule has 1 aliphatic rings. The molecule has 2 aromatic carbocycles. The van der Waals surface area contributed by atoms with Crippen molar-refractivity contribution in [3.05, 3.63) is 59.1 Å². The van der Waals surface area contributed by atoms with E-state index in [0.717, 1.165) is 0 Å². The van der Waals surface area contributed by atoms with Crippen LogP contribution in [0.15, 0.2) is 58.6 Å². The van der Waals surface area contributed by atoms with Gasteiger partial charge in [0.15, 0.2) is 0 Å². The number of hydrazone groups is 1. The summed E-state index contributed by atoms with van der Waals surface area (Å²) < 4.78 is 0. The van der Waals surface area contributed by atoms with Crippen LogP contribution >= 0.6 is 11.6 Å². The Labute approximate surface area is 120 Å². The lowest BCUT2D eigenvalue weighted by Crippen LogP contribution is -2.11. The van der Waals surface area contributed by atoms with E-state index in [9.17, 15) is 4.79 Å². The van der Waals surface area contributed by atoms with Crippen LogP contribution in [-0.2, 0) is 0 Å². The molecule has 98 valence electrons. The van der Waals surface area contributed by atoms with Gasteiger partial charge in [-0.2, -0.15) is 5.10 Å². The summed E-state index contributed by atoms with van der Waals surface area (Å²) in [6, 6.07) is 14.4. The molecule has 0 spiro atoms. The number of carbonyl (C=O) groups is 1. The van der Waals surface area contributed by atoms with Crippen LogP contribution in [0.3, 0.4) is 0 Å². The summed E-state index contributed by atoms with van der Waals surface area (Å²) in [5.74, 6) is -0.120. The maximum absolute atomic E-state index is 12.0. The van der Waals surface area contributed by atoms with Crippen molar-refractivity contribution in [2.45, 2.75) is 0 Å². The van der Waals surface area contributed by atoms with Gasteiger partial charge in [-0.25, -0.2) is 4.99 Å². The van der Waals surface area contributed by atoms with Crippen molar-refractivity contribution in [2.24, 2.45) is 10.1 Å². The second kappa shape index (κ2) is 5.27. The van der Waals surface area contributed by atoms with Crippen LogP contribution in [-0.4, -0.2) is 17.7 Å². The standard InChI is InChI=1S/C15H10ClN3O/c16-11-6-2-4-8-13(11)19-17-9-14-15(20)10-5-1-3-7-12(10)18-14/h1-9,19H. The predicted octanol–water partition coefficient (Wildman–Crippen LogP) is 3.71. The summed E-state index contributed by atoms with van der Waals surface area (Å²) in [6.07, 6.45) is 1.41. The molecule has 20 heavy (non-hydrogen) atoms. The second-order valence-corrected chi connectivity index (χ2v) is 4.60. The largest absolute Gasteiger partial charge is 0.287 e. The molecule has 0 aromatic heterocycles. The van der Waals surface area contributed by atoms with E-state index in [1.165, 1.54) is 6.21 Å². The summed E-state index contributed by atoms with van der Waals surface area (Å²) in [7, 11) is 0. The van der Waals surface area contributed by atoms with E-state index in [-0.39, 0.29) is 5.78 Å². The molecule has 1 N–H and O–H groups in total. The Hall–Kier alpha value is -2.46. The first-order chi connectivity index (χ1) is 9.75. The molecule has 0 aliphatic carbocycles. The maximum atomic E-state index is 12.0. The molecule has 1 heterocycles. The Morgan fingerprint density at radius 3 is 2.65 bits per heavy atom. The molecular weight excluding hydrogens is 274 g/mol. The van der Waals surface area contributed by atoms with Gasteiger partial charge in [-0.3, -0.25) is 10.2 Å². The fraction of sp³-hybridized carbons (Fsp3) is 0. The minimum atomic E-state index is -0.120. The highest BCUT2D eigenvalue weighted by Crippen LogP contribution is 2.25. The van der Waals surface area contributed by atoms with E-state index in [0.29, 0.717) is 27.7 Å². The molecule has 0 atom stereocenters. The van der Waals surface area contributed by atoms with Crippen LogP contribution in [0, 0.1) is 0 Å². The lowest BCUT2D eigenvalue weighted by molar-refractivity contribution is 0.107. The topological polar surface area (TPSA) is 53.8 Å². The number of hydrogen-bond donors (Lipinski definition) is 1. The lowest BCUT2D eigenvalue weighted by Gasteiger charge is -2.01. The average molecular weight is 284 g/mol. The van der Waals surface area contributed by atoms with Gasteiger partial charge in [-0.05, 0) is 24.3 Å². The smallest absolute Gasteiger partial charge is 0.215 e. The van der Waals surface area contributed by atoms with Gasteiger partial charge in [0.25, 0.3) is 0 Å². The van der Waals surface area contributed by atoms with Crippen LogP contribution < -0.4 is 5.43 Å². The van der Waals surface area contributed by atoms with Gasteiger partial charge in [0, 0.05) is 5.56 Å². The van der Waals surface area contributed by atoms with E-state index >= 15 is 0 Å². The number of Topliss-reactive ketones (excluding diaryl/α,β-unsaturated/α-hetero) is 1. The van der Waals surface area contributed by atoms with Crippen LogP contribution in [0.2, 0.25) is 5.02 Å². The Bertz CT molecular complexity index is 737. The summed E-state index contributed by atoms with van der Waals surface area (Å²) in [5.41, 5.74) is 5.06. The summed E-state index contributed by atoms with van der Waals surface area (Å²) in [4.78, 5) is 16.3. The van der Waals surface area contributed by atoms with Gasteiger partial charge in [-0.15, -0.1) is 0 Å². The van der Waals surface area contributed by atoms with E-state index in [4.69, 9.17) is 11.6 Å². The van der Waals surface area contributed by atoms with Crippen molar-refractivity contribution in [1.82, 2.24) is 0 Å². The number of benzene rings is 2. The van der Waals surface area contributed by atoms with Crippen molar-refractivity contribution >= 4 is 40.7 Å². The van der Waals surface area contributed by atoms with Crippen LogP contribution in [0.25, 0.3) is 0 Å². The average Bonchev–Trinajstić information content (AvgIpc) is 2.78. The number of rotatable bonds is 3. The predicted molar refractivity (Wildman–Crippen MR) is 81.4 cm³/mol. The zero-order valence-electron chi connectivity index (χ0n) is 10.4. The molecule has 0 amide bonds. The number of hydrogen-bond acceptors (Lipinski definition) is 4. The molecule has 0 saturated carbocycles. The van der Waals surface area contributed by atoms with Gasteiger partial charge in [0.1, 0.15) is 5.71 Å². The quantitative estimate of drug-likeness (QED) is 0.690. The summed E-state index contributed by atoms with van der Waals surface area (Å²) in [5, 5.41) is 4.57. The first kappa shape index (κ1) is 12.6. The van der Waals surface area contributed by atoms with E-state index in [1.807, 2.05) is 24.3 Å². The van der Waals surface area contributed by atoms with E-state index in [2.05, 4.69) is 15.5 Å². The monoisotopic (exact) mass is 283 g/mol. The number of fused-ring (bicyclic) bond motifs is 1. The Balaban J connectivity index is 1.76. The number of halogens is 1. The maximum Gasteiger partial charge on any atom is 0.215 e. The Morgan fingerprint density at radius 2 is 1.85 bits per heavy atom. The van der Waals surface area contributed by atoms with E-state index in [1.54, 1.807) is 24.3 Å². The highest BCUT2D eigenvalue weighted by Gasteiger charge is 2.22. The number of anilines is 1. The second-order valence-electron chi connectivity index (χ2n) is 4.19. The van der Waals surface area contributed by atoms with Gasteiger partial charge >= 0.3 is 0 Å². The Morgan fingerprint density at radius 1 is 1.10 bits per heavy atom. The number of nitrogens with zero attached hydrogens (tertiary/aromatic N) is 2. The number of nitrogens with one attached hydrogen (secondary N) is 1. The minimum absolute atomic E-state index is 0.120. The highest BCUT2D eigenvalue weighted by atomic mass is 35.5. The third kappa shape index (κ3) is 2.33. The molecule has 3 rings (SSSR count). The fourth-order valence-corrected chi connectivity index (χ4v) is 2.06. The number of carbonyl (C=O) groups excluding carboxylic acids is 1. The molecule has 0 unspecified atom stereocenters. The molecular formula is C15H10ClN3O. The van der Waals surface area contributed by atoms with E-state index < -0.39 is 0 Å². The summed E-state index contributed by atoms with van der Waals surface area (Å²) in [6.45, 7) is 0. The van der Waals surface area contributed by atoms with Crippen LogP contribution in [0.1, 0.15) is 10.4 Å². The number of para-hydroxylation sites is 2. The highest BCUT2D eigenvalue weighted by molar-refractivity contribution is 6.67. The van der Waals surface area contributed by atoms with Crippen molar-refractivity contribution in [3.63, 3.8) is 0 Å². The van der Waals surface area contributed by atoms with Gasteiger partial charge in [-0.1, -0.05) is 35.9 Å². The normalized spacial score (nSPS) is 13.4. The Kier molecular flexibility index (Phi) is 3.31. The lowest BCUT2D eigenvalue weighted by atomic mass is 10.1. The van der Waals surface area contributed by atoms with Crippen molar-refractivity contribution in [1.29, 1.82) is 0 Å². The molecule has 5 heteroatoms. The number of ketones is 1. The third-order valence-electron chi connectivity index (χ3n) is 2.87. The fourth-order valence-electron chi connectivity index (χ4n) is 1.88. The first-order valence-corrected chi connectivity index (χ1v) is 6.39. The zero-order chi connectivity index (χ0) is 13.9.